The third-order valence-electron chi connectivity index (χ3n) is 1.20. The Kier molecular flexibility index (Phi) is 4.10. The molecule has 0 aromatic carbocycles. The molecule has 0 aromatic heterocycles. The molecule has 41 valence electrons. The largest absolute Gasteiger partial charge is 0.107 e. The van der Waals surface area contributed by atoms with Gasteiger partial charge in [-0.05, 0) is 0 Å². The van der Waals surface area contributed by atoms with E-state index in [-0.39, 0.29) is 8.80 Å². The van der Waals surface area contributed by atoms with Gasteiger partial charge in [-0.3, -0.25) is 0 Å². The summed E-state index contributed by atoms with van der Waals surface area (Å²) in [5.41, 5.74) is 2.13. The zero-order chi connectivity index (χ0) is 5.70. The fourth-order valence-electron chi connectivity index (χ4n) is 0.539. The maximum Gasteiger partial charge on any atom is 0.0744 e. The highest BCUT2D eigenvalue weighted by Crippen LogP contribution is 1.96. The molecule has 0 saturated carbocycles. The summed E-state index contributed by atoms with van der Waals surface area (Å²) >= 11 is 0. The topological polar surface area (TPSA) is 0 Å². The van der Waals surface area contributed by atoms with Crippen LogP contribution in [0.1, 0.15) is 13.8 Å². The predicted molar refractivity (Wildman–Crippen MR) is 36.9 cm³/mol. The van der Waals surface area contributed by atoms with E-state index >= 15 is 0 Å². The Bertz CT molecular complexity index is 46.1. The maximum atomic E-state index is 3.75. The van der Waals surface area contributed by atoms with E-state index in [9.17, 15) is 0 Å². The van der Waals surface area contributed by atoms with Gasteiger partial charge in [0, 0.05) is 0 Å². The van der Waals surface area contributed by atoms with Crippen LogP contribution in [0.3, 0.4) is 0 Å². The summed E-state index contributed by atoms with van der Waals surface area (Å²) < 4.78 is 0. The monoisotopic (exact) mass is 113 g/mol. The molecule has 0 spiro atoms. The van der Waals surface area contributed by atoms with Crippen LogP contribution in [0, 0.1) is 0 Å². The average Bonchev–Trinajstić information content (AvgIpc) is 1.72. The van der Waals surface area contributed by atoms with Gasteiger partial charge >= 0.3 is 0 Å². The van der Waals surface area contributed by atoms with Gasteiger partial charge in [0.1, 0.15) is 0 Å². The second kappa shape index (κ2) is 4.12. The van der Waals surface area contributed by atoms with Crippen molar-refractivity contribution in [3.05, 3.63) is 12.3 Å². The van der Waals surface area contributed by atoms with Crippen molar-refractivity contribution >= 4 is 8.80 Å². The van der Waals surface area contributed by atoms with Gasteiger partial charge in [0.05, 0.1) is 8.80 Å². The first-order valence-electron chi connectivity index (χ1n) is 2.82. The van der Waals surface area contributed by atoms with E-state index in [1.807, 2.05) is 0 Å². The van der Waals surface area contributed by atoms with Crippen LogP contribution < -0.4 is 0 Å². The van der Waals surface area contributed by atoms with Crippen LogP contribution in [-0.4, -0.2) is 8.80 Å². The highest BCUT2D eigenvalue weighted by molar-refractivity contribution is 6.63. The molecule has 0 aromatic rings. The SMILES string of the molecule is C=C[Si](CC)CC. The van der Waals surface area contributed by atoms with Crippen molar-refractivity contribution in [1.82, 2.24) is 0 Å². The minimum absolute atomic E-state index is 0.0988. The van der Waals surface area contributed by atoms with Crippen molar-refractivity contribution in [3.8, 4) is 0 Å². The van der Waals surface area contributed by atoms with Gasteiger partial charge in [0.2, 0.25) is 0 Å². The van der Waals surface area contributed by atoms with Crippen LogP contribution in [0.2, 0.25) is 12.1 Å². The van der Waals surface area contributed by atoms with Gasteiger partial charge in [-0.25, -0.2) is 0 Å². The molecule has 7 heavy (non-hydrogen) atoms. The molecule has 0 aliphatic rings. The third-order valence-corrected chi connectivity index (χ3v) is 3.59. The van der Waals surface area contributed by atoms with Crippen LogP contribution in [0.15, 0.2) is 12.3 Å². The zero-order valence-corrected chi connectivity index (χ0v) is 6.20. The fraction of sp³-hybridized carbons (Fsp3) is 0.667. The zero-order valence-electron chi connectivity index (χ0n) is 5.20. The quantitative estimate of drug-likeness (QED) is 0.492. The number of hydrogen-bond donors (Lipinski definition) is 0. The lowest BCUT2D eigenvalue weighted by atomic mass is 10.9. The van der Waals surface area contributed by atoms with E-state index in [1.54, 1.807) is 0 Å². The number of hydrogen-bond acceptors (Lipinski definition) is 0. The summed E-state index contributed by atoms with van der Waals surface area (Å²) in [6, 6.07) is 2.68. The lowest BCUT2D eigenvalue weighted by Gasteiger charge is -1.98. The van der Waals surface area contributed by atoms with E-state index in [2.05, 4.69) is 26.1 Å². The Hall–Kier alpha value is -0.0431. The Balaban J connectivity index is 3.16. The fourth-order valence-corrected chi connectivity index (χ4v) is 1.62. The van der Waals surface area contributed by atoms with E-state index in [0.29, 0.717) is 0 Å². The molecule has 0 bridgehead atoms. The van der Waals surface area contributed by atoms with E-state index < -0.39 is 0 Å². The second-order valence-electron chi connectivity index (χ2n) is 1.57. The van der Waals surface area contributed by atoms with Crippen LogP contribution in [0.25, 0.3) is 0 Å². The van der Waals surface area contributed by atoms with Crippen molar-refractivity contribution in [3.63, 3.8) is 0 Å². The summed E-state index contributed by atoms with van der Waals surface area (Å²) in [5.74, 6) is 0. The molecule has 0 aliphatic heterocycles. The molecule has 0 amide bonds. The Morgan fingerprint density at radius 2 is 1.86 bits per heavy atom. The molecule has 0 heterocycles. The molecule has 0 unspecified atom stereocenters. The van der Waals surface area contributed by atoms with E-state index in [1.165, 1.54) is 12.1 Å². The lowest BCUT2D eigenvalue weighted by Crippen LogP contribution is -2.02. The van der Waals surface area contributed by atoms with Crippen molar-refractivity contribution in [2.24, 2.45) is 0 Å². The van der Waals surface area contributed by atoms with Crippen LogP contribution in [0.5, 0.6) is 0 Å². The van der Waals surface area contributed by atoms with Crippen molar-refractivity contribution in [2.75, 3.05) is 0 Å². The summed E-state index contributed by atoms with van der Waals surface area (Å²) in [6.07, 6.45) is 0. The number of rotatable bonds is 3. The standard InChI is InChI=1S/C6H13Si/c1-4-7(5-2)6-3/h4H,1,5-6H2,2-3H3. The summed E-state index contributed by atoms with van der Waals surface area (Å²) in [4.78, 5) is 0. The molecule has 0 rings (SSSR count). The molecule has 0 atom stereocenters. The molecule has 0 fully saturated rings. The first-order chi connectivity index (χ1) is 3.35. The van der Waals surface area contributed by atoms with Gasteiger partial charge in [-0.15, -0.1) is 12.3 Å². The van der Waals surface area contributed by atoms with Gasteiger partial charge in [0.25, 0.3) is 0 Å². The maximum absolute atomic E-state index is 3.75. The van der Waals surface area contributed by atoms with Crippen LogP contribution in [0.4, 0.5) is 0 Å². The molecule has 0 N–H and O–H groups in total. The van der Waals surface area contributed by atoms with Gasteiger partial charge < -0.3 is 0 Å². The first kappa shape index (κ1) is 6.96. The van der Waals surface area contributed by atoms with Crippen LogP contribution in [-0.2, 0) is 0 Å². The average molecular weight is 113 g/mol. The van der Waals surface area contributed by atoms with E-state index in [0.717, 1.165) is 0 Å². The summed E-state index contributed by atoms with van der Waals surface area (Å²) in [5, 5.41) is 0. The van der Waals surface area contributed by atoms with Crippen molar-refractivity contribution in [1.29, 1.82) is 0 Å². The molecular weight excluding hydrogens is 100 g/mol. The lowest BCUT2D eigenvalue weighted by molar-refractivity contribution is 1.33. The molecule has 0 nitrogen and oxygen atoms in total. The molecule has 0 aliphatic carbocycles. The highest BCUT2D eigenvalue weighted by atomic mass is 28.3. The highest BCUT2D eigenvalue weighted by Gasteiger charge is 1.95. The van der Waals surface area contributed by atoms with Gasteiger partial charge in [-0.1, -0.05) is 25.9 Å². The molecular formula is C6H13Si. The molecule has 0 saturated heterocycles. The second-order valence-corrected chi connectivity index (χ2v) is 4.71. The Labute approximate surface area is 47.9 Å². The Morgan fingerprint density at radius 1 is 1.43 bits per heavy atom. The first-order valence-corrected chi connectivity index (χ1v) is 4.81. The minimum atomic E-state index is -0.0988. The third kappa shape index (κ3) is 2.63. The summed E-state index contributed by atoms with van der Waals surface area (Å²) in [6.45, 7) is 8.22. The van der Waals surface area contributed by atoms with Crippen molar-refractivity contribution < 1.29 is 0 Å². The van der Waals surface area contributed by atoms with Crippen molar-refractivity contribution in [2.45, 2.75) is 25.9 Å². The van der Waals surface area contributed by atoms with Gasteiger partial charge in [0.15, 0.2) is 0 Å². The normalized spacial score (nSPS) is 9.57. The molecule has 1 heteroatoms. The summed E-state index contributed by atoms with van der Waals surface area (Å²) in [7, 11) is -0.0988. The van der Waals surface area contributed by atoms with Crippen LogP contribution >= 0.6 is 0 Å². The molecule has 1 radical (unpaired) electrons. The predicted octanol–water partition coefficient (Wildman–Crippen LogP) is 2.25. The van der Waals surface area contributed by atoms with E-state index in [4.69, 9.17) is 0 Å². The smallest absolute Gasteiger partial charge is 0.0744 e. The minimum Gasteiger partial charge on any atom is -0.107 e. The Morgan fingerprint density at radius 3 is 1.86 bits per heavy atom. The van der Waals surface area contributed by atoms with Gasteiger partial charge in [-0.2, -0.15) is 0 Å².